The lowest BCUT2D eigenvalue weighted by Crippen LogP contribution is -2.34. The molecule has 2 aromatic carbocycles. The Labute approximate surface area is 140 Å². The maximum absolute atomic E-state index is 12.4. The van der Waals surface area contributed by atoms with E-state index in [4.69, 9.17) is 11.6 Å². The number of aliphatic carboxylic acids is 1. The van der Waals surface area contributed by atoms with Crippen LogP contribution in [-0.2, 0) is 4.79 Å². The second kappa shape index (κ2) is 7.29. The van der Waals surface area contributed by atoms with Gasteiger partial charge in [0, 0.05) is 23.0 Å². The molecule has 0 saturated carbocycles. The molecule has 0 aliphatic carbocycles. The van der Waals surface area contributed by atoms with Crippen LogP contribution in [0.1, 0.15) is 39.5 Å². The predicted octanol–water partition coefficient (Wildman–Crippen LogP) is 2.57. The Bertz CT molecular complexity index is 726. The number of aryl methyl sites for hydroxylation is 2. The molecule has 0 radical (unpaired) electrons. The molecule has 0 spiro atoms. The summed E-state index contributed by atoms with van der Waals surface area (Å²) < 4.78 is 0. The van der Waals surface area contributed by atoms with Crippen LogP contribution in [0.5, 0.6) is 0 Å². The SMILES string of the molecule is Cc1ccc(C(=O)N[C@H](CC(=O)[O-])c2ccc(Cl)cc2)cc1C. The van der Waals surface area contributed by atoms with Gasteiger partial charge in [0.1, 0.15) is 0 Å². The first-order valence-corrected chi connectivity index (χ1v) is 7.58. The van der Waals surface area contributed by atoms with Crippen molar-refractivity contribution in [2.45, 2.75) is 26.3 Å². The zero-order valence-electron chi connectivity index (χ0n) is 12.9. The van der Waals surface area contributed by atoms with E-state index < -0.39 is 12.0 Å². The van der Waals surface area contributed by atoms with E-state index in [1.165, 1.54) is 0 Å². The van der Waals surface area contributed by atoms with Crippen LogP contribution in [-0.4, -0.2) is 11.9 Å². The maximum atomic E-state index is 12.4. The quantitative estimate of drug-likeness (QED) is 0.916. The van der Waals surface area contributed by atoms with Crippen LogP contribution in [0.25, 0.3) is 0 Å². The summed E-state index contributed by atoms with van der Waals surface area (Å²) in [5.74, 6) is -1.56. The van der Waals surface area contributed by atoms with E-state index in [9.17, 15) is 14.7 Å². The van der Waals surface area contributed by atoms with Gasteiger partial charge >= 0.3 is 0 Å². The molecule has 120 valence electrons. The van der Waals surface area contributed by atoms with E-state index in [-0.39, 0.29) is 12.3 Å². The topological polar surface area (TPSA) is 69.2 Å². The average Bonchev–Trinajstić information content (AvgIpc) is 2.49. The van der Waals surface area contributed by atoms with Crippen LogP contribution in [0.15, 0.2) is 42.5 Å². The minimum Gasteiger partial charge on any atom is -0.550 e. The Kier molecular flexibility index (Phi) is 5.40. The summed E-state index contributed by atoms with van der Waals surface area (Å²) in [5, 5.41) is 14.3. The third-order valence-electron chi connectivity index (χ3n) is 3.72. The van der Waals surface area contributed by atoms with Gasteiger partial charge in [-0.1, -0.05) is 29.8 Å². The molecule has 0 saturated heterocycles. The highest BCUT2D eigenvalue weighted by Gasteiger charge is 2.16. The van der Waals surface area contributed by atoms with Crippen molar-refractivity contribution in [1.29, 1.82) is 0 Å². The number of carboxylic acid groups (broad SMARTS) is 1. The molecule has 0 aliphatic rings. The van der Waals surface area contributed by atoms with Crippen molar-refractivity contribution in [2.75, 3.05) is 0 Å². The summed E-state index contributed by atoms with van der Waals surface area (Å²) in [6, 6.07) is 11.4. The van der Waals surface area contributed by atoms with Crippen LogP contribution in [0.2, 0.25) is 5.02 Å². The van der Waals surface area contributed by atoms with Gasteiger partial charge in [-0.3, -0.25) is 4.79 Å². The first kappa shape index (κ1) is 17.0. The summed E-state index contributed by atoms with van der Waals surface area (Å²) in [4.78, 5) is 23.4. The number of hydrogen-bond donors (Lipinski definition) is 1. The number of carboxylic acids is 1. The summed E-state index contributed by atoms with van der Waals surface area (Å²) in [5.41, 5.74) is 3.24. The fraction of sp³-hybridized carbons (Fsp3) is 0.222. The second-order valence-electron chi connectivity index (χ2n) is 5.45. The molecule has 0 fully saturated rings. The Balaban J connectivity index is 2.22. The third kappa shape index (κ3) is 4.57. The van der Waals surface area contributed by atoms with E-state index in [1.807, 2.05) is 19.9 Å². The lowest BCUT2D eigenvalue weighted by atomic mass is 10.0. The first-order valence-electron chi connectivity index (χ1n) is 7.20. The van der Waals surface area contributed by atoms with Crippen molar-refractivity contribution in [2.24, 2.45) is 0 Å². The highest BCUT2D eigenvalue weighted by atomic mass is 35.5. The number of amides is 1. The fourth-order valence-corrected chi connectivity index (χ4v) is 2.36. The van der Waals surface area contributed by atoms with Crippen LogP contribution < -0.4 is 10.4 Å². The minimum atomic E-state index is -1.23. The molecule has 1 N–H and O–H groups in total. The summed E-state index contributed by atoms with van der Waals surface area (Å²) in [6.07, 6.45) is -0.307. The standard InChI is InChI=1S/C18H18ClNO3/c1-11-3-4-14(9-12(11)2)18(23)20-16(10-17(21)22)13-5-7-15(19)8-6-13/h3-9,16H,10H2,1-2H3,(H,20,23)(H,21,22)/p-1/t16-/m1/s1. The van der Waals surface area contributed by atoms with E-state index in [0.717, 1.165) is 11.1 Å². The number of benzene rings is 2. The Hall–Kier alpha value is -2.33. The average molecular weight is 331 g/mol. The van der Waals surface area contributed by atoms with Crippen molar-refractivity contribution in [3.05, 3.63) is 69.7 Å². The Morgan fingerprint density at radius 2 is 1.74 bits per heavy atom. The molecule has 4 nitrogen and oxygen atoms in total. The van der Waals surface area contributed by atoms with Crippen molar-refractivity contribution in [3.63, 3.8) is 0 Å². The monoisotopic (exact) mass is 330 g/mol. The summed E-state index contributed by atoms with van der Waals surface area (Å²) in [7, 11) is 0. The van der Waals surface area contributed by atoms with Gasteiger partial charge in [-0.05, 0) is 54.8 Å². The number of nitrogens with one attached hydrogen (secondary N) is 1. The second-order valence-corrected chi connectivity index (χ2v) is 5.89. The minimum absolute atomic E-state index is 0.307. The zero-order chi connectivity index (χ0) is 17.0. The Morgan fingerprint density at radius 1 is 1.09 bits per heavy atom. The van der Waals surface area contributed by atoms with Crippen molar-refractivity contribution in [3.8, 4) is 0 Å². The number of halogens is 1. The molecule has 0 aromatic heterocycles. The van der Waals surface area contributed by atoms with Gasteiger partial charge in [0.2, 0.25) is 0 Å². The smallest absolute Gasteiger partial charge is 0.251 e. The lowest BCUT2D eigenvalue weighted by Gasteiger charge is -2.20. The molecular weight excluding hydrogens is 314 g/mol. The van der Waals surface area contributed by atoms with E-state index >= 15 is 0 Å². The maximum Gasteiger partial charge on any atom is 0.251 e. The molecule has 0 unspecified atom stereocenters. The summed E-state index contributed by atoms with van der Waals surface area (Å²) >= 11 is 5.84. The lowest BCUT2D eigenvalue weighted by molar-refractivity contribution is -0.306. The number of carbonyl (C=O) groups excluding carboxylic acids is 2. The number of hydrogen-bond acceptors (Lipinski definition) is 3. The predicted molar refractivity (Wildman–Crippen MR) is 87.2 cm³/mol. The molecule has 2 aromatic rings. The zero-order valence-corrected chi connectivity index (χ0v) is 13.7. The first-order chi connectivity index (χ1) is 10.9. The van der Waals surface area contributed by atoms with E-state index in [2.05, 4.69) is 5.32 Å². The molecule has 2 rings (SSSR count). The van der Waals surface area contributed by atoms with Crippen LogP contribution in [0, 0.1) is 13.8 Å². The van der Waals surface area contributed by atoms with E-state index in [1.54, 1.807) is 36.4 Å². The van der Waals surface area contributed by atoms with Crippen LogP contribution >= 0.6 is 11.6 Å². The highest BCUT2D eigenvalue weighted by Crippen LogP contribution is 2.20. The van der Waals surface area contributed by atoms with Crippen molar-refractivity contribution < 1.29 is 14.7 Å². The molecule has 0 heterocycles. The molecule has 1 amide bonds. The van der Waals surface area contributed by atoms with Crippen molar-refractivity contribution in [1.82, 2.24) is 5.32 Å². The molecular formula is C18H17ClNO3-. The van der Waals surface area contributed by atoms with Gasteiger partial charge in [0.25, 0.3) is 5.91 Å². The van der Waals surface area contributed by atoms with Crippen LogP contribution in [0.3, 0.4) is 0 Å². The van der Waals surface area contributed by atoms with Gasteiger partial charge in [0.05, 0.1) is 6.04 Å². The van der Waals surface area contributed by atoms with Gasteiger partial charge in [-0.15, -0.1) is 0 Å². The molecule has 23 heavy (non-hydrogen) atoms. The largest absolute Gasteiger partial charge is 0.550 e. The number of rotatable bonds is 5. The van der Waals surface area contributed by atoms with Gasteiger partial charge < -0.3 is 15.2 Å². The Morgan fingerprint density at radius 3 is 2.30 bits per heavy atom. The van der Waals surface area contributed by atoms with Gasteiger partial charge in [-0.25, -0.2) is 0 Å². The number of carbonyl (C=O) groups is 2. The normalized spacial score (nSPS) is 11.8. The summed E-state index contributed by atoms with van der Waals surface area (Å²) in [6.45, 7) is 3.88. The van der Waals surface area contributed by atoms with Crippen molar-refractivity contribution >= 4 is 23.5 Å². The fourth-order valence-electron chi connectivity index (χ4n) is 2.24. The molecule has 0 bridgehead atoms. The van der Waals surface area contributed by atoms with Gasteiger partial charge in [-0.2, -0.15) is 0 Å². The third-order valence-corrected chi connectivity index (χ3v) is 3.97. The molecule has 0 aliphatic heterocycles. The van der Waals surface area contributed by atoms with E-state index in [0.29, 0.717) is 16.1 Å². The molecule has 1 atom stereocenters. The van der Waals surface area contributed by atoms with Gasteiger partial charge in [0.15, 0.2) is 0 Å². The van der Waals surface area contributed by atoms with Crippen LogP contribution in [0.4, 0.5) is 0 Å². The highest BCUT2D eigenvalue weighted by molar-refractivity contribution is 6.30. The molecule has 5 heteroatoms.